The third-order valence-corrected chi connectivity index (χ3v) is 3.39. The Morgan fingerprint density at radius 1 is 1.38 bits per heavy atom. The monoisotopic (exact) mass is 244 g/mol. The molecule has 0 radical (unpaired) electrons. The van der Waals surface area contributed by atoms with Crippen LogP contribution in [0.15, 0.2) is 17.3 Å². The number of hydrogen-bond acceptors (Lipinski definition) is 5. The Labute approximate surface area is 95.3 Å². The van der Waals surface area contributed by atoms with E-state index in [9.17, 15) is 8.42 Å². The molecule has 1 rings (SSSR count). The second-order valence-electron chi connectivity index (χ2n) is 3.86. The summed E-state index contributed by atoms with van der Waals surface area (Å²) in [4.78, 5) is 7.31. The van der Waals surface area contributed by atoms with E-state index in [0.29, 0.717) is 12.5 Å². The van der Waals surface area contributed by atoms with Gasteiger partial charge in [-0.15, -0.1) is 0 Å². The van der Waals surface area contributed by atoms with Gasteiger partial charge in [0.25, 0.3) is 0 Å². The van der Waals surface area contributed by atoms with Gasteiger partial charge in [0.1, 0.15) is 4.90 Å². The van der Waals surface area contributed by atoms with Gasteiger partial charge in [0.2, 0.25) is 16.0 Å². The number of anilines is 1. The number of nitrogens with one attached hydrogen (secondary N) is 1. The average Bonchev–Trinajstić information content (AvgIpc) is 2.17. The molecule has 1 heterocycles. The molecular formula is C9H16N4O2S. The molecule has 1 aromatic heterocycles. The molecular weight excluding hydrogens is 228 g/mol. The molecule has 90 valence electrons. The minimum atomic E-state index is -3.50. The fourth-order valence-electron chi connectivity index (χ4n) is 1.03. The second kappa shape index (κ2) is 5.22. The van der Waals surface area contributed by atoms with Crippen molar-refractivity contribution >= 4 is 16.0 Å². The molecule has 0 saturated heterocycles. The number of hydrogen-bond donors (Lipinski definition) is 2. The van der Waals surface area contributed by atoms with Crippen LogP contribution in [0.5, 0.6) is 0 Å². The summed E-state index contributed by atoms with van der Waals surface area (Å²) in [5.74, 6) is 0.506. The molecule has 0 fully saturated rings. The number of sulfonamides is 1. The summed E-state index contributed by atoms with van der Waals surface area (Å²) in [6, 6.07) is 0. The molecule has 7 heteroatoms. The van der Waals surface area contributed by atoms with Crippen LogP contribution in [-0.4, -0.2) is 24.9 Å². The lowest BCUT2D eigenvalue weighted by Gasteiger charge is -2.07. The van der Waals surface area contributed by atoms with Crippen LogP contribution in [0, 0.1) is 5.92 Å². The van der Waals surface area contributed by atoms with E-state index < -0.39 is 10.0 Å². The van der Waals surface area contributed by atoms with Gasteiger partial charge in [-0.1, -0.05) is 13.8 Å². The van der Waals surface area contributed by atoms with Crippen LogP contribution in [0.1, 0.15) is 20.3 Å². The van der Waals surface area contributed by atoms with Crippen LogP contribution in [0.4, 0.5) is 5.95 Å². The van der Waals surface area contributed by atoms with Crippen molar-refractivity contribution in [1.29, 1.82) is 0 Å². The number of nitrogens with zero attached hydrogens (tertiary/aromatic N) is 2. The molecule has 0 aromatic carbocycles. The van der Waals surface area contributed by atoms with Crippen LogP contribution in [0.25, 0.3) is 0 Å². The van der Waals surface area contributed by atoms with Gasteiger partial charge in [0.15, 0.2) is 0 Å². The van der Waals surface area contributed by atoms with Crippen molar-refractivity contribution in [2.24, 2.45) is 5.92 Å². The molecule has 0 amide bonds. The van der Waals surface area contributed by atoms with Gasteiger partial charge in [0, 0.05) is 6.54 Å². The van der Waals surface area contributed by atoms with Gasteiger partial charge in [-0.25, -0.2) is 23.1 Å². The average molecular weight is 244 g/mol. The first kappa shape index (κ1) is 12.9. The predicted octanol–water partition coefficient (Wildman–Crippen LogP) is 0.383. The van der Waals surface area contributed by atoms with Gasteiger partial charge in [-0.05, 0) is 12.3 Å². The number of nitrogens with two attached hydrogens (primary N) is 1. The smallest absolute Gasteiger partial charge is 0.243 e. The van der Waals surface area contributed by atoms with Crippen LogP contribution < -0.4 is 10.5 Å². The Bertz CT molecular complexity index is 427. The minimum Gasteiger partial charge on any atom is -0.368 e. The van der Waals surface area contributed by atoms with Crippen LogP contribution in [0.3, 0.4) is 0 Å². The molecule has 0 aliphatic carbocycles. The lowest BCUT2D eigenvalue weighted by atomic mass is 10.1. The summed E-state index contributed by atoms with van der Waals surface area (Å²) in [5, 5.41) is 0. The van der Waals surface area contributed by atoms with E-state index in [1.165, 1.54) is 12.4 Å². The standard InChI is InChI=1S/C9H16N4O2S/c1-7(2)3-4-13-16(14,15)8-5-11-9(10)12-6-8/h5-7,13H,3-4H2,1-2H3,(H2,10,11,12). The molecule has 0 unspecified atom stereocenters. The molecule has 0 saturated carbocycles. The summed E-state index contributed by atoms with van der Waals surface area (Å²) < 4.78 is 25.9. The van der Waals surface area contributed by atoms with Gasteiger partial charge in [-0.3, -0.25) is 0 Å². The highest BCUT2D eigenvalue weighted by Crippen LogP contribution is 2.06. The van der Waals surface area contributed by atoms with Crippen LogP contribution >= 0.6 is 0 Å². The fraction of sp³-hybridized carbons (Fsp3) is 0.556. The van der Waals surface area contributed by atoms with Crippen molar-refractivity contribution in [1.82, 2.24) is 14.7 Å². The third-order valence-electron chi connectivity index (χ3n) is 1.97. The quantitative estimate of drug-likeness (QED) is 0.780. The van der Waals surface area contributed by atoms with E-state index >= 15 is 0 Å². The van der Waals surface area contributed by atoms with E-state index in [1.54, 1.807) is 0 Å². The van der Waals surface area contributed by atoms with E-state index in [-0.39, 0.29) is 10.8 Å². The largest absolute Gasteiger partial charge is 0.368 e. The molecule has 16 heavy (non-hydrogen) atoms. The Morgan fingerprint density at radius 3 is 2.44 bits per heavy atom. The summed E-state index contributed by atoms with van der Waals surface area (Å²) in [6.45, 7) is 4.46. The van der Waals surface area contributed by atoms with Crippen LogP contribution in [-0.2, 0) is 10.0 Å². The van der Waals surface area contributed by atoms with E-state index in [1.807, 2.05) is 13.8 Å². The molecule has 0 spiro atoms. The number of nitrogen functional groups attached to an aromatic ring is 1. The first-order valence-electron chi connectivity index (χ1n) is 4.99. The van der Waals surface area contributed by atoms with E-state index in [0.717, 1.165) is 6.42 Å². The van der Waals surface area contributed by atoms with Crippen molar-refractivity contribution in [2.75, 3.05) is 12.3 Å². The molecule has 6 nitrogen and oxygen atoms in total. The molecule has 0 atom stereocenters. The zero-order valence-electron chi connectivity index (χ0n) is 9.34. The number of aromatic nitrogens is 2. The molecule has 3 N–H and O–H groups in total. The molecule has 0 aliphatic heterocycles. The van der Waals surface area contributed by atoms with Gasteiger partial charge in [-0.2, -0.15) is 0 Å². The Hall–Kier alpha value is -1.21. The highest BCUT2D eigenvalue weighted by atomic mass is 32.2. The Kier molecular flexibility index (Phi) is 4.19. The molecule has 0 aliphatic rings. The van der Waals surface area contributed by atoms with Crippen LogP contribution in [0.2, 0.25) is 0 Å². The second-order valence-corrected chi connectivity index (χ2v) is 5.62. The minimum absolute atomic E-state index is 0.0328. The van der Waals surface area contributed by atoms with Crippen molar-refractivity contribution < 1.29 is 8.42 Å². The first-order valence-corrected chi connectivity index (χ1v) is 6.47. The summed E-state index contributed by atoms with van der Waals surface area (Å²) in [6.07, 6.45) is 3.18. The van der Waals surface area contributed by atoms with Gasteiger partial charge < -0.3 is 5.73 Å². The maximum atomic E-state index is 11.7. The maximum absolute atomic E-state index is 11.7. The van der Waals surface area contributed by atoms with Crippen molar-refractivity contribution in [3.63, 3.8) is 0 Å². The lowest BCUT2D eigenvalue weighted by Crippen LogP contribution is -2.26. The zero-order chi connectivity index (χ0) is 12.2. The zero-order valence-corrected chi connectivity index (χ0v) is 10.2. The number of rotatable bonds is 5. The lowest BCUT2D eigenvalue weighted by molar-refractivity contribution is 0.551. The van der Waals surface area contributed by atoms with Crippen molar-refractivity contribution in [2.45, 2.75) is 25.2 Å². The third kappa shape index (κ3) is 3.74. The molecule has 0 bridgehead atoms. The fourth-order valence-corrected chi connectivity index (χ4v) is 1.97. The highest BCUT2D eigenvalue weighted by Gasteiger charge is 2.14. The molecule has 1 aromatic rings. The summed E-state index contributed by atoms with van der Waals surface area (Å²) in [5.41, 5.74) is 5.27. The topological polar surface area (TPSA) is 98.0 Å². The van der Waals surface area contributed by atoms with E-state index in [2.05, 4.69) is 14.7 Å². The van der Waals surface area contributed by atoms with Gasteiger partial charge >= 0.3 is 0 Å². The predicted molar refractivity (Wildman–Crippen MR) is 61.1 cm³/mol. The Morgan fingerprint density at radius 2 is 1.94 bits per heavy atom. The van der Waals surface area contributed by atoms with Crippen molar-refractivity contribution in [3.05, 3.63) is 12.4 Å². The first-order chi connectivity index (χ1) is 7.42. The maximum Gasteiger partial charge on any atom is 0.243 e. The normalized spacial score (nSPS) is 11.9. The van der Waals surface area contributed by atoms with Gasteiger partial charge in [0.05, 0.1) is 12.4 Å². The Balaban J connectivity index is 2.67. The summed E-state index contributed by atoms with van der Waals surface area (Å²) >= 11 is 0. The highest BCUT2D eigenvalue weighted by molar-refractivity contribution is 7.89. The van der Waals surface area contributed by atoms with E-state index in [4.69, 9.17) is 5.73 Å². The van der Waals surface area contributed by atoms with Crippen molar-refractivity contribution in [3.8, 4) is 0 Å². The SMILES string of the molecule is CC(C)CCNS(=O)(=O)c1cnc(N)nc1. The summed E-state index contributed by atoms with van der Waals surface area (Å²) in [7, 11) is -3.50.